The molecule has 1 aliphatic heterocycles. The quantitative estimate of drug-likeness (QED) is 0.192. The van der Waals surface area contributed by atoms with E-state index in [2.05, 4.69) is 41.3 Å². The molecule has 0 bridgehead atoms. The van der Waals surface area contributed by atoms with Gasteiger partial charge in [-0.3, -0.25) is 14.5 Å². The molecule has 2 aromatic heterocycles. The lowest BCUT2D eigenvalue weighted by atomic mass is 9.96. The predicted molar refractivity (Wildman–Crippen MR) is 162 cm³/mol. The number of carbonyl (C=O) groups is 3. The van der Waals surface area contributed by atoms with Crippen molar-refractivity contribution in [1.29, 1.82) is 0 Å². The number of aryl methyl sites for hydroxylation is 1. The summed E-state index contributed by atoms with van der Waals surface area (Å²) >= 11 is 0. The van der Waals surface area contributed by atoms with Crippen LogP contribution >= 0.6 is 0 Å². The van der Waals surface area contributed by atoms with E-state index in [-0.39, 0.29) is 0 Å². The first-order chi connectivity index (χ1) is 21.4. The SMILES string of the molecule is COc1ccc(-c2c(C)nn3c(C4CCN(Cc5ccccc5)C4)ccnc23)cc1OC.O=C(O)CC(O)(CC(=O)O)C(=O)O. The molecule has 1 unspecified atom stereocenters. The lowest BCUT2D eigenvalue weighted by Gasteiger charge is -2.18. The molecule has 0 spiro atoms. The Labute approximate surface area is 259 Å². The number of carboxylic acid groups (broad SMARTS) is 3. The van der Waals surface area contributed by atoms with Crippen molar-refractivity contribution >= 4 is 23.6 Å². The van der Waals surface area contributed by atoms with Crippen LogP contribution in [0.2, 0.25) is 0 Å². The molecule has 45 heavy (non-hydrogen) atoms. The maximum absolute atomic E-state index is 10.3. The highest BCUT2D eigenvalue weighted by Crippen LogP contribution is 2.36. The number of fused-ring (bicyclic) bond motifs is 1. The molecule has 13 nitrogen and oxygen atoms in total. The van der Waals surface area contributed by atoms with Crippen LogP contribution in [0.1, 0.15) is 42.1 Å². The summed E-state index contributed by atoms with van der Waals surface area (Å²) in [5.41, 5.74) is 3.74. The number of carboxylic acids is 3. The summed E-state index contributed by atoms with van der Waals surface area (Å²) in [6.45, 7) is 5.15. The van der Waals surface area contributed by atoms with Gasteiger partial charge in [0, 0.05) is 30.8 Å². The van der Waals surface area contributed by atoms with E-state index in [1.807, 2.05) is 35.8 Å². The predicted octanol–water partition coefficient (Wildman–Crippen LogP) is 3.46. The van der Waals surface area contributed by atoms with Crippen molar-refractivity contribution in [2.24, 2.45) is 0 Å². The van der Waals surface area contributed by atoms with Gasteiger partial charge in [-0.1, -0.05) is 36.4 Å². The van der Waals surface area contributed by atoms with Crippen LogP contribution in [0.4, 0.5) is 0 Å². The summed E-state index contributed by atoms with van der Waals surface area (Å²) in [5, 5.41) is 38.7. The van der Waals surface area contributed by atoms with Gasteiger partial charge < -0.3 is 29.9 Å². The maximum Gasteiger partial charge on any atom is 0.336 e. The first-order valence-electron chi connectivity index (χ1n) is 14.2. The molecule has 1 aliphatic rings. The first-order valence-corrected chi connectivity index (χ1v) is 14.2. The molecule has 4 aromatic rings. The van der Waals surface area contributed by atoms with Crippen LogP contribution in [0.5, 0.6) is 11.5 Å². The highest BCUT2D eigenvalue weighted by molar-refractivity contribution is 5.88. The van der Waals surface area contributed by atoms with E-state index in [9.17, 15) is 14.4 Å². The van der Waals surface area contributed by atoms with Crippen molar-refractivity contribution in [3.8, 4) is 22.6 Å². The molecule has 2 aromatic carbocycles. The summed E-state index contributed by atoms with van der Waals surface area (Å²) in [6, 6.07) is 18.8. The Balaban J connectivity index is 0.000000302. The van der Waals surface area contributed by atoms with Crippen LogP contribution < -0.4 is 9.47 Å². The lowest BCUT2D eigenvalue weighted by Crippen LogP contribution is -2.42. The van der Waals surface area contributed by atoms with Gasteiger partial charge in [0.25, 0.3) is 0 Å². The lowest BCUT2D eigenvalue weighted by molar-refractivity contribution is -0.170. The van der Waals surface area contributed by atoms with Gasteiger partial charge in [-0.2, -0.15) is 5.10 Å². The van der Waals surface area contributed by atoms with Gasteiger partial charge in [-0.15, -0.1) is 0 Å². The molecule has 13 heteroatoms. The van der Waals surface area contributed by atoms with E-state index in [0.29, 0.717) is 17.4 Å². The van der Waals surface area contributed by atoms with Crippen molar-refractivity contribution in [2.45, 2.75) is 44.2 Å². The Kier molecular flexibility index (Phi) is 10.4. The zero-order valence-electron chi connectivity index (χ0n) is 25.2. The second-order valence-corrected chi connectivity index (χ2v) is 10.8. The summed E-state index contributed by atoms with van der Waals surface area (Å²) in [7, 11) is 3.30. The molecule has 5 rings (SSSR count). The number of benzene rings is 2. The van der Waals surface area contributed by atoms with Gasteiger partial charge in [-0.25, -0.2) is 14.3 Å². The zero-order chi connectivity index (χ0) is 32.7. The Morgan fingerprint density at radius 1 is 0.956 bits per heavy atom. The van der Waals surface area contributed by atoms with E-state index in [4.69, 9.17) is 40.0 Å². The summed E-state index contributed by atoms with van der Waals surface area (Å²) < 4.78 is 13.0. The van der Waals surface area contributed by atoms with Crippen LogP contribution in [-0.2, 0) is 20.9 Å². The smallest absolute Gasteiger partial charge is 0.336 e. The number of aliphatic carboxylic acids is 3. The largest absolute Gasteiger partial charge is 0.493 e. The highest BCUT2D eigenvalue weighted by atomic mass is 16.5. The molecule has 3 heterocycles. The van der Waals surface area contributed by atoms with Gasteiger partial charge in [0.1, 0.15) is 0 Å². The van der Waals surface area contributed by atoms with Crippen molar-refractivity contribution in [3.05, 3.63) is 77.7 Å². The number of hydrogen-bond donors (Lipinski definition) is 4. The summed E-state index contributed by atoms with van der Waals surface area (Å²) in [4.78, 5) is 37.7. The Hall–Kier alpha value is -5.01. The van der Waals surface area contributed by atoms with Gasteiger partial charge in [-0.05, 0) is 49.2 Å². The third-order valence-electron chi connectivity index (χ3n) is 7.62. The average molecular weight is 621 g/mol. The number of likely N-dealkylation sites (tertiary alicyclic amines) is 1. The number of nitrogens with zero attached hydrogens (tertiary/aromatic N) is 4. The minimum atomic E-state index is -2.74. The third kappa shape index (κ3) is 7.75. The number of hydrogen-bond acceptors (Lipinski definition) is 9. The van der Waals surface area contributed by atoms with Gasteiger partial charge in [0.05, 0.1) is 38.4 Å². The molecular formula is C32H36N4O9. The van der Waals surface area contributed by atoms with E-state index in [0.717, 1.165) is 48.5 Å². The van der Waals surface area contributed by atoms with E-state index < -0.39 is 36.4 Å². The van der Waals surface area contributed by atoms with Gasteiger partial charge in [0.15, 0.2) is 22.7 Å². The molecule has 0 saturated carbocycles. The van der Waals surface area contributed by atoms with Gasteiger partial charge in [0.2, 0.25) is 0 Å². The number of aliphatic hydroxyl groups is 1. The Morgan fingerprint density at radius 3 is 2.22 bits per heavy atom. The molecule has 4 N–H and O–H groups in total. The highest BCUT2D eigenvalue weighted by Gasteiger charge is 2.40. The summed E-state index contributed by atoms with van der Waals surface area (Å²) in [6.07, 6.45) is 0.746. The second-order valence-electron chi connectivity index (χ2n) is 10.8. The van der Waals surface area contributed by atoms with Crippen molar-refractivity contribution in [1.82, 2.24) is 19.5 Å². The standard InChI is InChI=1S/C26H28N4O2.C6H8O7/c1-18-25(20-9-10-23(31-2)24(15-20)32-3)26-27-13-11-22(30(26)28-18)21-12-14-29(17-21)16-19-7-5-4-6-8-19;7-3(8)1-6(13,5(11)12)2-4(9)10/h4-11,13,15,21H,12,14,16-17H2,1-3H3;13H,1-2H2,(H,7,8)(H,9,10)(H,11,12). The van der Waals surface area contributed by atoms with E-state index in [1.165, 1.54) is 11.3 Å². The summed E-state index contributed by atoms with van der Waals surface area (Å²) in [5.74, 6) is -3.17. The fourth-order valence-corrected chi connectivity index (χ4v) is 5.48. The molecule has 1 atom stereocenters. The number of aromatic nitrogens is 3. The topological polar surface area (TPSA) is 184 Å². The maximum atomic E-state index is 10.3. The minimum Gasteiger partial charge on any atom is -0.493 e. The zero-order valence-corrected chi connectivity index (χ0v) is 25.2. The molecule has 0 radical (unpaired) electrons. The van der Waals surface area contributed by atoms with Crippen molar-refractivity contribution in [2.75, 3.05) is 27.3 Å². The molecular weight excluding hydrogens is 584 g/mol. The van der Waals surface area contributed by atoms with Crippen LogP contribution in [0.15, 0.2) is 60.8 Å². The fraction of sp³-hybridized carbons (Fsp3) is 0.344. The van der Waals surface area contributed by atoms with Crippen LogP contribution in [0.25, 0.3) is 16.8 Å². The van der Waals surface area contributed by atoms with E-state index in [1.54, 1.807) is 14.2 Å². The van der Waals surface area contributed by atoms with E-state index >= 15 is 0 Å². The number of rotatable bonds is 11. The normalized spacial score (nSPS) is 14.9. The molecule has 1 saturated heterocycles. The van der Waals surface area contributed by atoms with Crippen molar-refractivity contribution in [3.63, 3.8) is 0 Å². The number of methoxy groups -OCH3 is 2. The molecule has 0 amide bonds. The van der Waals surface area contributed by atoms with Crippen LogP contribution in [-0.4, -0.2) is 90.7 Å². The van der Waals surface area contributed by atoms with Gasteiger partial charge >= 0.3 is 17.9 Å². The minimum absolute atomic E-state index is 0.432. The van der Waals surface area contributed by atoms with Crippen molar-refractivity contribution < 1.29 is 44.3 Å². The fourth-order valence-electron chi connectivity index (χ4n) is 5.48. The third-order valence-corrected chi connectivity index (χ3v) is 7.62. The Bertz CT molecular complexity index is 1660. The second kappa shape index (κ2) is 14.2. The average Bonchev–Trinajstić information content (AvgIpc) is 3.60. The first kappa shape index (κ1) is 32.9. The molecule has 1 fully saturated rings. The molecule has 238 valence electrons. The molecule has 0 aliphatic carbocycles. The monoisotopic (exact) mass is 620 g/mol. The number of ether oxygens (including phenoxy) is 2. The van der Waals surface area contributed by atoms with Crippen LogP contribution in [0, 0.1) is 6.92 Å². The Morgan fingerprint density at radius 2 is 1.62 bits per heavy atom. The van der Waals surface area contributed by atoms with Crippen LogP contribution in [0.3, 0.4) is 0 Å².